The van der Waals surface area contributed by atoms with Gasteiger partial charge in [-0.15, -0.1) is 0 Å². The summed E-state index contributed by atoms with van der Waals surface area (Å²) in [5, 5.41) is 3.16. The second-order valence-corrected chi connectivity index (χ2v) is 2.60. The van der Waals surface area contributed by atoms with E-state index in [1.165, 1.54) is 0 Å². The molecule has 3 heteroatoms. The molecule has 1 aliphatic rings. The Hall–Kier alpha value is -0.410. The Kier molecular flexibility index (Phi) is 2.83. The highest BCUT2D eigenvalue weighted by Gasteiger charge is 2.14. The summed E-state index contributed by atoms with van der Waals surface area (Å²) in [4.78, 5) is 10.6. The van der Waals surface area contributed by atoms with Gasteiger partial charge in [0.25, 0.3) is 0 Å². The van der Waals surface area contributed by atoms with Gasteiger partial charge in [0.05, 0.1) is 12.7 Å². The van der Waals surface area contributed by atoms with Crippen LogP contribution in [0.2, 0.25) is 0 Å². The van der Waals surface area contributed by atoms with Gasteiger partial charge in [0.15, 0.2) is 0 Å². The molecule has 0 aromatic heterocycles. The maximum absolute atomic E-state index is 10.6. The van der Waals surface area contributed by atoms with Crippen LogP contribution in [-0.4, -0.2) is 31.6 Å². The van der Waals surface area contributed by atoms with E-state index in [0.29, 0.717) is 6.42 Å². The van der Waals surface area contributed by atoms with Crippen molar-refractivity contribution in [2.45, 2.75) is 19.4 Å². The van der Waals surface area contributed by atoms with E-state index in [2.05, 4.69) is 5.32 Å². The van der Waals surface area contributed by atoms with Crippen molar-refractivity contribution in [2.24, 2.45) is 0 Å². The molecular formula is C7H13NO2. The Morgan fingerprint density at radius 1 is 1.80 bits per heavy atom. The maximum atomic E-state index is 10.6. The first-order valence-corrected chi connectivity index (χ1v) is 3.61. The van der Waals surface area contributed by atoms with Crippen LogP contribution in [0, 0.1) is 0 Å². The number of Topliss-reactive ketones (excluding diaryl/α,β-unsaturated/α-hetero) is 1. The van der Waals surface area contributed by atoms with E-state index in [0.717, 1.165) is 19.7 Å². The monoisotopic (exact) mass is 143 g/mol. The molecule has 1 rings (SSSR count). The van der Waals surface area contributed by atoms with Gasteiger partial charge in [0.1, 0.15) is 5.78 Å². The number of hydrogen-bond donors (Lipinski definition) is 1. The number of carbonyl (C=O) groups excluding carboxylic acids is 1. The zero-order valence-corrected chi connectivity index (χ0v) is 6.22. The lowest BCUT2D eigenvalue weighted by molar-refractivity contribution is -0.120. The molecule has 0 amide bonds. The Morgan fingerprint density at radius 3 is 3.10 bits per heavy atom. The van der Waals surface area contributed by atoms with Crippen LogP contribution < -0.4 is 5.32 Å². The number of morpholine rings is 1. The minimum absolute atomic E-state index is 0.117. The average molecular weight is 143 g/mol. The van der Waals surface area contributed by atoms with Crippen molar-refractivity contribution >= 4 is 5.78 Å². The Balaban J connectivity index is 2.19. The standard InChI is InChI=1S/C7H13NO2/c1-6(9)4-7-5-8-2-3-10-7/h7-8H,2-5H2,1H3/t7-/m1/s1. The Morgan fingerprint density at radius 2 is 2.60 bits per heavy atom. The van der Waals surface area contributed by atoms with Crippen molar-refractivity contribution in [3.63, 3.8) is 0 Å². The van der Waals surface area contributed by atoms with Gasteiger partial charge in [-0.3, -0.25) is 4.79 Å². The summed E-state index contributed by atoms with van der Waals surface area (Å²) in [5.41, 5.74) is 0. The van der Waals surface area contributed by atoms with E-state index in [-0.39, 0.29) is 11.9 Å². The van der Waals surface area contributed by atoms with Gasteiger partial charge in [-0.2, -0.15) is 0 Å². The minimum Gasteiger partial charge on any atom is -0.375 e. The number of nitrogens with one attached hydrogen (secondary N) is 1. The van der Waals surface area contributed by atoms with Gasteiger partial charge >= 0.3 is 0 Å². The molecular weight excluding hydrogens is 130 g/mol. The van der Waals surface area contributed by atoms with Crippen LogP contribution in [0.3, 0.4) is 0 Å². The highest BCUT2D eigenvalue weighted by atomic mass is 16.5. The summed E-state index contributed by atoms with van der Waals surface area (Å²) in [6.07, 6.45) is 0.666. The summed E-state index contributed by atoms with van der Waals surface area (Å²) >= 11 is 0. The van der Waals surface area contributed by atoms with Gasteiger partial charge in [0, 0.05) is 19.5 Å². The molecule has 0 spiro atoms. The van der Waals surface area contributed by atoms with E-state index in [1.54, 1.807) is 6.92 Å². The molecule has 0 bridgehead atoms. The summed E-state index contributed by atoms with van der Waals surface area (Å²) in [7, 11) is 0. The predicted molar refractivity (Wildman–Crippen MR) is 37.9 cm³/mol. The number of carbonyl (C=O) groups is 1. The molecule has 1 heterocycles. The average Bonchev–Trinajstić information content (AvgIpc) is 1.88. The summed E-state index contributed by atoms with van der Waals surface area (Å²) in [6, 6.07) is 0. The largest absolute Gasteiger partial charge is 0.375 e. The lowest BCUT2D eigenvalue weighted by Crippen LogP contribution is -2.39. The van der Waals surface area contributed by atoms with E-state index < -0.39 is 0 Å². The summed E-state index contributed by atoms with van der Waals surface area (Å²) < 4.78 is 5.31. The third-order valence-corrected chi connectivity index (χ3v) is 1.52. The van der Waals surface area contributed by atoms with Gasteiger partial charge in [-0.25, -0.2) is 0 Å². The molecule has 0 aromatic carbocycles. The van der Waals surface area contributed by atoms with Gasteiger partial charge < -0.3 is 10.1 Å². The lowest BCUT2D eigenvalue weighted by atomic mass is 10.2. The quantitative estimate of drug-likeness (QED) is 0.589. The molecule has 1 saturated heterocycles. The molecule has 10 heavy (non-hydrogen) atoms. The highest BCUT2D eigenvalue weighted by molar-refractivity contribution is 5.76. The van der Waals surface area contributed by atoms with Crippen molar-refractivity contribution in [1.29, 1.82) is 0 Å². The summed E-state index contributed by atoms with van der Waals surface area (Å²) in [5.74, 6) is 0.203. The molecule has 0 unspecified atom stereocenters. The lowest BCUT2D eigenvalue weighted by Gasteiger charge is -2.22. The smallest absolute Gasteiger partial charge is 0.132 e. The van der Waals surface area contributed by atoms with Crippen LogP contribution in [0.15, 0.2) is 0 Å². The van der Waals surface area contributed by atoms with E-state index in [9.17, 15) is 4.79 Å². The van der Waals surface area contributed by atoms with Crippen LogP contribution in [0.4, 0.5) is 0 Å². The van der Waals surface area contributed by atoms with Crippen LogP contribution in [0.25, 0.3) is 0 Å². The topological polar surface area (TPSA) is 38.3 Å². The van der Waals surface area contributed by atoms with Crippen molar-refractivity contribution in [1.82, 2.24) is 5.32 Å². The fourth-order valence-electron chi connectivity index (χ4n) is 1.07. The van der Waals surface area contributed by atoms with Gasteiger partial charge in [-0.1, -0.05) is 0 Å². The highest BCUT2D eigenvalue weighted by Crippen LogP contribution is 2.00. The number of ether oxygens (including phenoxy) is 1. The van der Waals surface area contributed by atoms with E-state index >= 15 is 0 Å². The normalized spacial score (nSPS) is 26.3. The van der Waals surface area contributed by atoms with Crippen LogP contribution in [-0.2, 0) is 9.53 Å². The molecule has 0 aliphatic carbocycles. The van der Waals surface area contributed by atoms with Crippen molar-refractivity contribution < 1.29 is 9.53 Å². The fourth-order valence-corrected chi connectivity index (χ4v) is 1.07. The second-order valence-electron chi connectivity index (χ2n) is 2.60. The van der Waals surface area contributed by atoms with Crippen LogP contribution >= 0.6 is 0 Å². The van der Waals surface area contributed by atoms with Crippen LogP contribution in [0.5, 0.6) is 0 Å². The third kappa shape index (κ3) is 2.45. The zero-order chi connectivity index (χ0) is 7.40. The van der Waals surface area contributed by atoms with Crippen molar-refractivity contribution in [3.05, 3.63) is 0 Å². The zero-order valence-electron chi connectivity index (χ0n) is 6.22. The first-order chi connectivity index (χ1) is 4.79. The SMILES string of the molecule is CC(=O)C[C@@H]1CNCCO1. The first kappa shape index (κ1) is 7.69. The third-order valence-electron chi connectivity index (χ3n) is 1.52. The molecule has 1 fully saturated rings. The van der Waals surface area contributed by atoms with E-state index in [1.807, 2.05) is 0 Å². The van der Waals surface area contributed by atoms with Crippen LogP contribution in [0.1, 0.15) is 13.3 Å². The molecule has 0 saturated carbocycles. The summed E-state index contributed by atoms with van der Waals surface area (Å²) in [6.45, 7) is 4.06. The molecule has 1 N–H and O–H groups in total. The van der Waals surface area contributed by atoms with Gasteiger partial charge in [0.2, 0.25) is 0 Å². The van der Waals surface area contributed by atoms with Gasteiger partial charge in [-0.05, 0) is 6.92 Å². The fraction of sp³-hybridized carbons (Fsp3) is 0.857. The predicted octanol–water partition coefficient (Wildman–Crippen LogP) is -0.0461. The Labute approximate surface area is 60.7 Å². The van der Waals surface area contributed by atoms with E-state index in [4.69, 9.17) is 4.74 Å². The number of hydrogen-bond acceptors (Lipinski definition) is 3. The molecule has 3 nitrogen and oxygen atoms in total. The number of rotatable bonds is 2. The minimum atomic E-state index is 0.117. The van der Waals surface area contributed by atoms with Crippen molar-refractivity contribution in [3.8, 4) is 0 Å². The molecule has 1 atom stereocenters. The molecule has 1 aliphatic heterocycles. The first-order valence-electron chi connectivity index (χ1n) is 3.61. The Bertz CT molecular complexity index is 119. The second kappa shape index (κ2) is 3.68. The molecule has 0 aromatic rings. The number of ketones is 1. The maximum Gasteiger partial charge on any atom is 0.132 e. The molecule has 58 valence electrons. The van der Waals surface area contributed by atoms with Crippen molar-refractivity contribution in [2.75, 3.05) is 19.7 Å². The molecule has 0 radical (unpaired) electrons.